The number of aromatic nitrogens is 2. The van der Waals surface area contributed by atoms with Crippen LogP contribution in [0.25, 0.3) is 10.2 Å². The van der Waals surface area contributed by atoms with Crippen molar-refractivity contribution in [1.82, 2.24) is 19.8 Å². The Morgan fingerprint density at radius 3 is 2.89 bits per heavy atom. The highest BCUT2D eigenvalue weighted by molar-refractivity contribution is 7.19. The summed E-state index contributed by atoms with van der Waals surface area (Å²) in [4.78, 5) is 28.2. The minimum absolute atomic E-state index is 0.163. The Kier molecular flexibility index (Phi) is 5.07. The minimum atomic E-state index is 0.163. The molecule has 1 amide bonds. The van der Waals surface area contributed by atoms with Gasteiger partial charge in [-0.05, 0) is 58.7 Å². The average molecular weight is 388 g/mol. The number of fused-ring (bicyclic) bond motifs is 3. The van der Waals surface area contributed by atoms with Crippen LogP contribution in [0.15, 0.2) is 6.33 Å². The van der Waals surface area contributed by atoms with E-state index in [0.29, 0.717) is 6.04 Å². The lowest BCUT2D eigenvalue weighted by Crippen LogP contribution is -2.56. The number of nitrogens with zero attached hydrogens (tertiary/aromatic N) is 4. The van der Waals surface area contributed by atoms with E-state index >= 15 is 0 Å². The molecule has 0 unspecified atom stereocenters. The number of anilines is 1. The van der Waals surface area contributed by atoms with Crippen molar-refractivity contribution in [1.29, 1.82) is 0 Å². The standard InChI is InChI=1S/C20H29N5OS/c1-12-8-14(24(3)4)9-15(25(12)13(2)26)10-21-19-18-16-6-5-7-17(16)27-20(18)23-11-22-19/h11-12,14-15H,5-10H2,1-4H3,(H,21,22,23)/t12-,14+,15-/m0/s1. The molecule has 1 N–H and O–H groups in total. The van der Waals surface area contributed by atoms with Crippen molar-refractivity contribution in [2.24, 2.45) is 0 Å². The first kappa shape index (κ1) is 18.6. The molecule has 7 heteroatoms. The van der Waals surface area contributed by atoms with E-state index in [2.05, 4.69) is 46.1 Å². The van der Waals surface area contributed by atoms with Gasteiger partial charge in [-0.3, -0.25) is 4.79 Å². The number of nitrogens with one attached hydrogen (secondary N) is 1. The Balaban J connectivity index is 1.58. The molecular weight excluding hydrogens is 358 g/mol. The van der Waals surface area contributed by atoms with Gasteiger partial charge in [0, 0.05) is 30.4 Å². The number of hydrogen-bond donors (Lipinski definition) is 1. The zero-order valence-electron chi connectivity index (χ0n) is 16.7. The van der Waals surface area contributed by atoms with Crippen LogP contribution >= 0.6 is 11.3 Å². The molecule has 0 saturated carbocycles. The van der Waals surface area contributed by atoms with Gasteiger partial charge in [0.1, 0.15) is 17.0 Å². The molecule has 27 heavy (non-hydrogen) atoms. The average Bonchev–Trinajstić information content (AvgIpc) is 3.19. The maximum Gasteiger partial charge on any atom is 0.219 e. The molecule has 0 aromatic carbocycles. The highest BCUT2D eigenvalue weighted by Crippen LogP contribution is 2.39. The van der Waals surface area contributed by atoms with Crippen molar-refractivity contribution >= 4 is 33.3 Å². The van der Waals surface area contributed by atoms with E-state index in [1.807, 2.05) is 11.3 Å². The maximum atomic E-state index is 12.3. The van der Waals surface area contributed by atoms with Crippen LogP contribution < -0.4 is 5.32 Å². The summed E-state index contributed by atoms with van der Waals surface area (Å²) < 4.78 is 0. The second-order valence-electron chi connectivity index (χ2n) is 8.16. The third-order valence-corrected chi connectivity index (χ3v) is 7.33. The van der Waals surface area contributed by atoms with Gasteiger partial charge >= 0.3 is 0 Å². The summed E-state index contributed by atoms with van der Waals surface area (Å²) in [6.45, 7) is 4.58. The van der Waals surface area contributed by atoms with Crippen molar-refractivity contribution in [3.63, 3.8) is 0 Å². The number of piperidine rings is 1. The molecular formula is C20H29N5OS. The van der Waals surface area contributed by atoms with Crippen LogP contribution in [-0.4, -0.2) is 64.4 Å². The highest BCUT2D eigenvalue weighted by atomic mass is 32.1. The Hall–Kier alpha value is -1.73. The first-order valence-electron chi connectivity index (χ1n) is 9.90. The Morgan fingerprint density at radius 1 is 1.33 bits per heavy atom. The van der Waals surface area contributed by atoms with Crippen molar-refractivity contribution in [3.05, 3.63) is 16.8 Å². The first-order chi connectivity index (χ1) is 13.0. The number of carbonyl (C=O) groups is 1. The monoisotopic (exact) mass is 387 g/mol. The van der Waals surface area contributed by atoms with Crippen LogP contribution in [-0.2, 0) is 17.6 Å². The Labute approximate surface area is 165 Å². The molecule has 2 aliphatic rings. The lowest BCUT2D eigenvalue weighted by molar-refractivity contribution is -0.136. The molecule has 0 spiro atoms. The normalized spacial score (nSPS) is 25.2. The van der Waals surface area contributed by atoms with Gasteiger partial charge in [-0.2, -0.15) is 0 Å². The number of aryl methyl sites for hydroxylation is 2. The van der Waals surface area contributed by atoms with Gasteiger partial charge in [0.2, 0.25) is 5.91 Å². The molecule has 1 saturated heterocycles. The number of hydrogen-bond acceptors (Lipinski definition) is 6. The molecule has 1 fully saturated rings. The van der Waals surface area contributed by atoms with Gasteiger partial charge in [0.05, 0.1) is 11.4 Å². The van der Waals surface area contributed by atoms with Crippen LogP contribution in [0.1, 0.15) is 43.6 Å². The number of rotatable bonds is 4. The van der Waals surface area contributed by atoms with Crippen molar-refractivity contribution < 1.29 is 4.79 Å². The van der Waals surface area contributed by atoms with E-state index in [4.69, 9.17) is 0 Å². The topological polar surface area (TPSA) is 61.4 Å². The number of carbonyl (C=O) groups excluding carboxylic acids is 1. The molecule has 3 atom stereocenters. The van der Waals surface area contributed by atoms with Gasteiger partial charge in [0.15, 0.2) is 0 Å². The van der Waals surface area contributed by atoms with Crippen molar-refractivity contribution in [3.8, 4) is 0 Å². The molecule has 2 aromatic heterocycles. The summed E-state index contributed by atoms with van der Waals surface area (Å²) in [5.74, 6) is 1.10. The van der Waals surface area contributed by atoms with E-state index in [9.17, 15) is 4.79 Å². The van der Waals surface area contributed by atoms with E-state index in [1.54, 1.807) is 13.3 Å². The fourth-order valence-corrected chi connectivity index (χ4v) is 6.07. The van der Waals surface area contributed by atoms with Gasteiger partial charge in [-0.25, -0.2) is 9.97 Å². The molecule has 0 bridgehead atoms. The summed E-state index contributed by atoms with van der Waals surface area (Å²) in [5.41, 5.74) is 1.43. The van der Waals surface area contributed by atoms with Crippen molar-refractivity contribution in [2.45, 2.75) is 64.1 Å². The van der Waals surface area contributed by atoms with Crippen LogP contribution in [0, 0.1) is 0 Å². The van der Waals surface area contributed by atoms with E-state index in [0.717, 1.165) is 36.5 Å². The third-order valence-electron chi connectivity index (χ3n) is 6.13. The zero-order valence-corrected chi connectivity index (χ0v) is 17.5. The minimum Gasteiger partial charge on any atom is -0.367 e. The molecule has 4 rings (SSSR count). The third kappa shape index (κ3) is 3.43. The van der Waals surface area contributed by atoms with Gasteiger partial charge in [0.25, 0.3) is 0 Å². The molecule has 146 valence electrons. The second kappa shape index (κ2) is 7.36. The summed E-state index contributed by atoms with van der Waals surface area (Å²) in [6.07, 6.45) is 7.19. The highest BCUT2D eigenvalue weighted by Gasteiger charge is 2.35. The lowest BCUT2D eigenvalue weighted by Gasteiger charge is -2.45. The fourth-order valence-electron chi connectivity index (χ4n) is 4.84. The largest absolute Gasteiger partial charge is 0.367 e. The van der Waals surface area contributed by atoms with Crippen LogP contribution in [0.3, 0.4) is 0 Å². The predicted octanol–water partition coefficient (Wildman–Crippen LogP) is 2.92. The summed E-state index contributed by atoms with van der Waals surface area (Å²) in [5, 5.41) is 4.79. The Bertz CT molecular complexity index is 848. The van der Waals surface area contributed by atoms with Gasteiger partial charge in [-0.15, -0.1) is 11.3 Å². The molecule has 6 nitrogen and oxygen atoms in total. The fraction of sp³-hybridized carbons (Fsp3) is 0.650. The van der Waals surface area contributed by atoms with E-state index < -0.39 is 0 Å². The molecule has 1 aliphatic heterocycles. The maximum absolute atomic E-state index is 12.3. The second-order valence-corrected chi connectivity index (χ2v) is 9.24. The first-order valence-corrected chi connectivity index (χ1v) is 10.7. The number of amides is 1. The summed E-state index contributed by atoms with van der Waals surface area (Å²) in [7, 11) is 4.27. The summed E-state index contributed by atoms with van der Waals surface area (Å²) >= 11 is 1.81. The lowest BCUT2D eigenvalue weighted by atomic mass is 9.91. The number of thiophene rings is 1. The van der Waals surface area contributed by atoms with Crippen LogP contribution in [0.4, 0.5) is 5.82 Å². The van der Waals surface area contributed by atoms with Crippen LogP contribution in [0.2, 0.25) is 0 Å². The van der Waals surface area contributed by atoms with Crippen LogP contribution in [0.5, 0.6) is 0 Å². The summed E-state index contributed by atoms with van der Waals surface area (Å²) in [6, 6.07) is 0.930. The molecule has 1 aliphatic carbocycles. The van der Waals surface area contributed by atoms with Gasteiger partial charge in [-0.1, -0.05) is 0 Å². The molecule has 0 radical (unpaired) electrons. The smallest absolute Gasteiger partial charge is 0.219 e. The quantitative estimate of drug-likeness (QED) is 0.874. The molecule has 2 aromatic rings. The van der Waals surface area contributed by atoms with Gasteiger partial charge < -0.3 is 15.1 Å². The predicted molar refractivity (Wildman–Crippen MR) is 110 cm³/mol. The number of likely N-dealkylation sites (tertiary alicyclic amines) is 1. The zero-order chi connectivity index (χ0) is 19.1. The molecule has 3 heterocycles. The Morgan fingerprint density at radius 2 is 2.15 bits per heavy atom. The van der Waals surface area contributed by atoms with E-state index in [-0.39, 0.29) is 18.0 Å². The van der Waals surface area contributed by atoms with E-state index in [1.165, 1.54) is 28.7 Å². The SMILES string of the molecule is CC(=O)N1[C@H](CNc2ncnc3sc4c(c23)CCC4)C[C@H](N(C)C)C[C@@H]1C. The van der Waals surface area contributed by atoms with Crippen molar-refractivity contribution in [2.75, 3.05) is 26.0 Å².